The molecule has 4 nitrogen and oxygen atoms in total. The number of aromatic nitrogens is 3. The summed E-state index contributed by atoms with van der Waals surface area (Å²) in [4.78, 5) is 0. The van der Waals surface area contributed by atoms with Crippen LogP contribution in [0.1, 0.15) is 29.4 Å². The minimum absolute atomic E-state index is 0.393. The number of rotatable bonds is 7. The van der Waals surface area contributed by atoms with Crippen LogP contribution in [-0.2, 0) is 24.9 Å². The molecule has 0 fully saturated rings. The summed E-state index contributed by atoms with van der Waals surface area (Å²) < 4.78 is 45.8. The summed E-state index contributed by atoms with van der Waals surface area (Å²) in [6.45, 7) is 2.68. The van der Waals surface area contributed by atoms with Crippen molar-refractivity contribution in [1.29, 1.82) is 0 Å². The summed E-state index contributed by atoms with van der Waals surface area (Å²) >= 11 is 1.38. The Morgan fingerprint density at radius 1 is 1.04 bits per heavy atom. The maximum atomic E-state index is 12.9. The average molecular weight is 407 g/mol. The predicted octanol–water partition coefficient (Wildman–Crippen LogP) is 5.21. The zero-order valence-electron chi connectivity index (χ0n) is 15.5. The second-order valence-electron chi connectivity index (χ2n) is 6.15. The van der Waals surface area contributed by atoms with Crippen molar-refractivity contribution in [3.8, 4) is 5.75 Å². The van der Waals surface area contributed by atoms with Gasteiger partial charge in [0, 0.05) is 18.7 Å². The van der Waals surface area contributed by atoms with Crippen molar-refractivity contribution >= 4 is 11.8 Å². The quantitative estimate of drug-likeness (QED) is 0.504. The Hall–Kier alpha value is -2.48. The molecule has 0 bridgehead atoms. The summed E-state index contributed by atoms with van der Waals surface area (Å²) in [5, 5.41) is 9.20. The van der Waals surface area contributed by atoms with Gasteiger partial charge in [-0.2, -0.15) is 13.2 Å². The van der Waals surface area contributed by atoms with Gasteiger partial charge in [0.1, 0.15) is 11.6 Å². The van der Waals surface area contributed by atoms with E-state index in [1.165, 1.54) is 23.9 Å². The molecule has 0 aliphatic rings. The largest absolute Gasteiger partial charge is 0.497 e. The maximum Gasteiger partial charge on any atom is 0.416 e. The lowest BCUT2D eigenvalue weighted by atomic mass is 10.1. The summed E-state index contributed by atoms with van der Waals surface area (Å²) in [6.07, 6.45) is -3.72. The summed E-state index contributed by atoms with van der Waals surface area (Å²) in [5.41, 5.74) is 1.04. The highest BCUT2D eigenvalue weighted by Gasteiger charge is 2.30. The zero-order chi connectivity index (χ0) is 20.1. The highest BCUT2D eigenvalue weighted by molar-refractivity contribution is 7.98. The molecule has 148 valence electrons. The van der Waals surface area contributed by atoms with Crippen LogP contribution in [0.3, 0.4) is 0 Å². The van der Waals surface area contributed by atoms with Gasteiger partial charge in [-0.3, -0.25) is 0 Å². The minimum Gasteiger partial charge on any atom is -0.497 e. The van der Waals surface area contributed by atoms with Gasteiger partial charge in [-0.15, -0.1) is 10.2 Å². The summed E-state index contributed by atoms with van der Waals surface area (Å²) in [5.74, 6) is 2.00. The summed E-state index contributed by atoms with van der Waals surface area (Å²) in [7, 11) is 1.62. The molecule has 1 heterocycles. The topological polar surface area (TPSA) is 39.9 Å². The van der Waals surface area contributed by atoms with Crippen molar-refractivity contribution < 1.29 is 17.9 Å². The Labute approximate surface area is 165 Å². The normalized spacial score (nSPS) is 11.6. The van der Waals surface area contributed by atoms with E-state index in [1.54, 1.807) is 13.2 Å². The van der Waals surface area contributed by atoms with Gasteiger partial charge in [-0.1, -0.05) is 42.1 Å². The summed E-state index contributed by atoms with van der Waals surface area (Å²) in [6, 6.07) is 13.1. The Bertz CT molecular complexity index is 923. The van der Waals surface area contributed by atoms with Crippen LogP contribution in [-0.4, -0.2) is 21.9 Å². The van der Waals surface area contributed by atoms with Crippen LogP contribution < -0.4 is 4.74 Å². The number of benzene rings is 2. The molecule has 0 radical (unpaired) electrons. The van der Waals surface area contributed by atoms with Crippen LogP contribution in [0.25, 0.3) is 0 Å². The molecule has 0 atom stereocenters. The molecule has 1 aromatic heterocycles. The highest BCUT2D eigenvalue weighted by atomic mass is 32.2. The molecule has 0 amide bonds. The molecule has 0 saturated heterocycles. The number of methoxy groups -OCH3 is 1. The minimum atomic E-state index is -4.34. The fourth-order valence-electron chi connectivity index (χ4n) is 2.79. The smallest absolute Gasteiger partial charge is 0.416 e. The van der Waals surface area contributed by atoms with E-state index in [4.69, 9.17) is 4.74 Å². The molecule has 28 heavy (non-hydrogen) atoms. The number of thioether (sulfide) groups is 1. The van der Waals surface area contributed by atoms with Crippen LogP contribution in [0, 0.1) is 0 Å². The van der Waals surface area contributed by atoms with Gasteiger partial charge < -0.3 is 9.30 Å². The third kappa shape index (κ3) is 4.86. The monoisotopic (exact) mass is 407 g/mol. The molecule has 8 heteroatoms. The van der Waals surface area contributed by atoms with Crippen LogP contribution in [0.5, 0.6) is 5.75 Å². The Balaban J connectivity index is 1.71. The molecule has 3 aromatic rings. The highest BCUT2D eigenvalue weighted by Crippen LogP contribution is 2.31. The van der Waals surface area contributed by atoms with Crippen molar-refractivity contribution in [2.45, 2.75) is 37.0 Å². The van der Waals surface area contributed by atoms with Crippen LogP contribution in [0.4, 0.5) is 13.2 Å². The SMILES string of the molecule is CCn1c(Cc2ccc(OC)cc2)nnc1SCc1cccc(C(F)(F)F)c1. The average Bonchev–Trinajstić information content (AvgIpc) is 3.08. The van der Waals surface area contributed by atoms with E-state index in [9.17, 15) is 13.2 Å². The molecule has 0 aliphatic heterocycles. The van der Waals surface area contributed by atoms with E-state index < -0.39 is 11.7 Å². The molecule has 0 N–H and O–H groups in total. The molecule has 0 spiro atoms. The van der Waals surface area contributed by atoms with Gasteiger partial charge in [-0.25, -0.2) is 0 Å². The Morgan fingerprint density at radius 3 is 2.43 bits per heavy atom. The third-order valence-electron chi connectivity index (χ3n) is 4.25. The maximum absolute atomic E-state index is 12.9. The number of hydrogen-bond donors (Lipinski definition) is 0. The molecule has 2 aromatic carbocycles. The predicted molar refractivity (Wildman–Crippen MR) is 103 cm³/mol. The molecule has 0 unspecified atom stereocenters. The van der Waals surface area contributed by atoms with Crippen LogP contribution >= 0.6 is 11.8 Å². The Morgan fingerprint density at radius 2 is 1.79 bits per heavy atom. The number of nitrogens with zero attached hydrogens (tertiary/aromatic N) is 3. The first-order valence-corrected chi connectivity index (χ1v) is 9.73. The molecular formula is C20H20F3N3OS. The van der Waals surface area contributed by atoms with Gasteiger partial charge >= 0.3 is 6.18 Å². The molecule has 3 rings (SSSR count). The first kappa shape index (κ1) is 20.3. The number of alkyl halides is 3. The Kier molecular flexibility index (Phi) is 6.28. The van der Waals surface area contributed by atoms with Gasteiger partial charge in [0.05, 0.1) is 12.7 Å². The van der Waals surface area contributed by atoms with Crippen molar-refractivity contribution in [3.63, 3.8) is 0 Å². The third-order valence-corrected chi connectivity index (χ3v) is 5.29. The zero-order valence-corrected chi connectivity index (χ0v) is 16.3. The van der Waals surface area contributed by atoms with E-state index in [-0.39, 0.29) is 0 Å². The first-order chi connectivity index (χ1) is 13.4. The lowest BCUT2D eigenvalue weighted by Gasteiger charge is -2.10. The van der Waals surface area contributed by atoms with E-state index in [1.807, 2.05) is 35.8 Å². The fourth-order valence-corrected chi connectivity index (χ4v) is 3.75. The molecule has 0 saturated carbocycles. The van der Waals surface area contributed by atoms with Crippen molar-refractivity contribution in [2.75, 3.05) is 7.11 Å². The second kappa shape index (κ2) is 8.68. The van der Waals surface area contributed by atoms with Gasteiger partial charge in [0.2, 0.25) is 0 Å². The van der Waals surface area contributed by atoms with Gasteiger partial charge in [0.25, 0.3) is 0 Å². The lowest BCUT2D eigenvalue weighted by Crippen LogP contribution is -2.05. The van der Waals surface area contributed by atoms with E-state index in [0.717, 1.165) is 23.2 Å². The first-order valence-electron chi connectivity index (χ1n) is 8.74. The van der Waals surface area contributed by atoms with E-state index in [2.05, 4.69) is 10.2 Å². The second-order valence-corrected chi connectivity index (χ2v) is 7.10. The molecular weight excluding hydrogens is 387 g/mol. The number of ether oxygens (including phenoxy) is 1. The van der Waals surface area contributed by atoms with Crippen molar-refractivity contribution in [2.24, 2.45) is 0 Å². The van der Waals surface area contributed by atoms with E-state index in [0.29, 0.717) is 29.4 Å². The number of hydrogen-bond acceptors (Lipinski definition) is 4. The van der Waals surface area contributed by atoms with Gasteiger partial charge in [0.15, 0.2) is 5.16 Å². The van der Waals surface area contributed by atoms with Crippen LogP contribution in [0.2, 0.25) is 0 Å². The fraction of sp³-hybridized carbons (Fsp3) is 0.300. The van der Waals surface area contributed by atoms with Crippen molar-refractivity contribution in [3.05, 3.63) is 71.0 Å². The van der Waals surface area contributed by atoms with Crippen LogP contribution in [0.15, 0.2) is 53.7 Å². The van der Waals surface area contributed by atoms with Crippen molar-refractivity contribution in [1.82, 2.24) is 14.8 Å². The van der Waals surface area contributed by atoms with Gasteiger partial charge in [-0.05, 0) is 36.2 Å². The number of halogens is 3. The molecule has 0 aliphatic carbocycles. The standard InChI is InChI=1S/C20H20F3N3OS/c1-3-26-18(12-14-7-9-17(27-2)10-8-14)24-25-19(26)28-13-15-5-4-6-16(11-15)20(21,22)23/h4-11H,3,12-13H2,1-2H3. The van der Waals surface area contributed by atoms with E-state index >= 15 is 0 Å². The lowest BCUT2D eigenvalue weighted by molar-refractivity contribution is -0.137.